The minimum Gasteiger partial charge on any atom is -0.465 e. The van der Waals surface area contributed by atoms with E-state index in [4.69, 9.17) is 15.7 Å². The van der Waals surface area contributed by atoms with Crippen LogP contribution in [0.5, 0.6) is 0 Å². The van der Waals surface area contributed by atoms with Gasteiger partial charge < -0.3 is 26.0 Å². The highest BCUT2D eigenvalue weighted by atomic mass is 16.4. The topological polar surface area (TPSA) is 142 Å². The molecule has 11 heteroatoms. The number of nitrogen functional groups attached to an aromatic ring is 1. The Labute approximate surface area is 273 Å². The van der Waals surface area contributed by atoms with Crippen LogP contribution in [0, 0.1) is 0 Å². The molecule has 1 aliphatic carbocycles. The molecule has 47 heavy (non-hydrogen) atoms. The van der Waals surface area contributed by atoms with Gasteiger partial charge in [0.15, 0.2) is 11.5 Å². The van der Waals surface area contributed by atoms with E-state index in [1.165, 1.54) is 0 Å². The number of nitrogens with two attached hydrogens (primary N) is 1. The fraction of sp³-hybridized carbons (Fsp3) is 0.306. The number of nitrogens with one attached hydrogen (secondary N) is 1. The summed E-state index contributed by atoms with van der Waals surface area (Å²) < 4.78 is 1.99. The number of carboxylic acid groups (broad SMARTS) is 1. The van der Waals surface area contributed by atoms with Crippen molar-refractivity contribution in [1.29, 1.82) is 0 Å². The van der Waals surface area contributed by atoms with Gasteiger partial charge in [0.25, 0.3) is 0 Å². The smallest absolute Gasteiger partial charge is 0.405 e. The molecule has 2 aromatic carbocycles. The number of rotatable bonds is 7. The number of benzene rings is 2. The highest BCUT2D eigenvalue weighted by molar-refractivity contribution is 5.85. The summed E-state index contributed by atoms with van der Waals surface area (Å²) in [6, 6.07) is 24.3. The fourth-order valence-electron chi connectivity index (χ4n) is 6.93. The lowest BCUT2D eigenvalue weighted by Gasteiger charge is -2.42. The normalized spacial score (nSPS) is 16.1. The van der Waals surface area contributed by atoms with Crippen molar-refractivity contribution in [2.45, 2.75) is 50.6 Å². The maximum Gasteiger partial charge on any atom is 0.405 e. The van der Waals surface area contributed by atoms with Gasteiger partial charge in [0, 0.05) is 56.2 Å². The fourth-order valence-corrected chi connectivity index (χ4v) is 6.93. The average Bonchev–Trinajstić information content (AvgIpc) is 3.45. The van der Waals surface area contributed by atoms with E-state index in [1.54, 1.807) is 13.1 Å². The zero-order valence-corrected chi connectivity index (χ0v) is 26.6. The van der Waals surface area contributed by atoms with Gasteiger partial charge in [-0.3, -0.25) is 9.36 Å². The molecule has 3 aromatic heterocycles. The van der Waals surface area contributed by atoms with E-state index in [1.807, 2.05) is 65.0 Å². The summed E-state index contributed by atoms with van der Waals surface area (Å²) in [5.74, 6) is 1.09. The molecule has 0 atom stereocenters. The number of fused-ring (bicyclic) bond motifs is 1. The molecule has 1 saturated heterocycles. The summed E-state index contributed by atoms with van der Waals surface area (Å²) in [6.07, 6.45) is 4.99. The van der Waals surface area contributed by atoms with E-state index in [0.717, 1.165) is 73.4 Å². The number of nitrogens with zero attached hydrogens (tertiary/aromatic N) is 6. The third-order valence-electron chi connectivity index (χ3n) is 9.83. The number of imidazole rings is 1. The Hall–Kier alpha value is -5.45. The number of aromatic nitrogens is 4. The number of carbonyl (C=O) groups excluding carboxylic acids is 1. The van der Waals surface area contributed by atoms with Crippen molar-refractivity contribution < 1.29 is 14.7 Å². The monoisotopic (exact) mass is 630 g/mol. The largest absolute Gasteiger partial charge is 0.465 e. The van der Waals surface area contributed by atoms with Crippen molar-refractivity contribution in [2.75, 3.05) is 30.8 Å². The molecule has 0 unspecified atom stereocenters. The maximum absolute atomic E-state index is 11.9. The summed E-state index contributed by atoms with van der Waals surface area (Å²) in [7, 11) is 1.89. The Morgan fingerprint density at radius 2 is 1.74 bits per heavy atom. The quantitative estimate of drug-likeness (QED) is 0.204. The van der Waals surface area contributed by atoms with E-state index in [-0.39, 0.29) is 11.9 Å². The van der Waals surface area contributed by atoms with Crippen molar-refractivity contribution in [3.8, 4) is 28.3 Å². The lowest BCUT2D eigenvalue weighted by atomic mass is 9.72. The minimum absolute atomic E-state index is 0.106. The molecule has 7 rings (SSSR count). The van der Waals surface area contributed by atoms with Crippen LogP contribution in [0.2, 0.25) is 0 Å². The molecular weight excluding hydrogens is 592 g/mol. The van der Waals surface area contributed by atoms with Gasteiger partial charge in [-0.2, -0.15) is 0 Å². The van der Waals surface area contributed by atoms with E-state index in [0.29, 0.717) is 28.4 Å². The molecule has 0 spiro atoms. The van der Waals surface area contributed by atoms with Crippen molar-refractivity contribution in [1.82, 2.24) is 29.7 Å². The molecule has 1 aliphatic heterocycles. The number of carbonyl (C=O) groups is 2. The van der Waals surface area contributed by atoms with Gasteiger partial charge in [0.05, 0.1) is 16.8 Å². The highest BCUT2D eigenvalue weighted by Crippen LogP contribution is 2.42. The molecule has 2 aliphatic rings. The third kappa shape index (κ3) is 5.62. The van der Waals surface area contributed by atoms with Crippen LogP contribution in [0.15, 0.2) is 79.0 Å². The molecule has 240 valence electrons. The molecule has 0 bridgehead atoms. The molecule has 1 saturated carbocycles. The SMILES string of the molecule is CC(=O)N(C)C1CCN(c2cccc(-c3ccc4nc(-c5cccnc5N)n(-c5ccc(C6(NC(=O)O)CCC6)cc5)c4n3)c2)CC1. The number of pyridine rings is 2. The Morgan fingerprint density at radius 1 is 0.979 bits per heavy atom. The number of hydrogen-bond donors (Lipinski definition) is 3. The summed E-state index contributed by atoms with van der Waals surface area (Å²) >= 11 is 0. The van der Waals surface area contributed by atoms with Crippen molar-refractivity contribution in [3.05, 3.63) is 84.6 Å². The van der Waals surface area contributed by atoms with Gasteiger partial charge >= 0.3 is 6.09 Å². The average molecular weight is 631 g/mol. The van der Waals surface area contributed by atoms with Crippen molar-refractivity contribution in [3.63, 3.8) is 0 Å². The number of hydrogen-bond acceptors (Lipinski definition) is 7. The molecule has 2 fully saturated rings. The number of amides is 2. The Kier molecular flexibility index (Phi) is 7.75. The zero-order chi connectivity index (χ0) is 32.7. The minimum atomic E-state index is -1.02. The summed E-state index contributed by atoms with van der Waals surface area (Å²) in [6.45, 7) is 3.37. The van der Waals surface area contributed by atoms with E-state index < -0.39 is 11.6 Å². The lowest BCUT2D eigenvalue weighted by Crippen LogP contribution is -2.50. The Bertz CT molecular complexity index is 1960. The summed E-state index contributed by atoms with van der Waals surface area (Å²) in [4.78, 5) is 42.1. The van der Waals surface area contributed by atoms with Crippen LogP contribution in [0.3, 0.4) is 0 Å². The third-order valence-corrected chi connectivity index (χ3v) is 9.83. The van der Waals surface area contributed by atoms with E-state index >= 15 is 0 Å². The van der Waals surface area contributed by atoms with Crippen molar-refractivity contribution in [2.24, 2.45) is 0 Å². The number of anilines is 2. The molecule has 11 nitrogen and oxygen atoms in total. The molecule has 2 amide bonds. The molecule has 0 radical (unpaired) electrons. The van der Waals surface area contributed by atoms with Gasteiger partial charge in [-0.05, 0) is 86.2 Å². The Balaban J connectivity index is 1.26. The lowest BCUT2D eigenvalue weighted by molar-refractivity contribution is -0.129. The molecule has 4 N–H and O–H groups in total. The van der Waals surface area contributed by atoms with Crippen LogP contribution in [-0.2, 0) is 10.3 Å². The first-order valence-electron chi connectivity index (χ1n) is 16.0. The second-order valence-electron chi connectivity index (χ2n) is 12.6. The highest BCUT2D eigenvalue weighted by Gasteiger charge is 2.40. The van der Waals surface area contributed by atoms with Gasteiger partial charge in [0.2, 0.25) is 5.91 Å². The summed E-state index contributed by atoms with van der Waals surface area (Å²) in [5.41, 5.74) is 12.6. The predicted molar refractivity (Wildman–Crippen MR) is 182 cm³/mol. The van der Waals surface area contributed by atoms with Crippen LogP contribution >= 0.6 is 0 Å². The van der Waals surface area contributed by atoms with Crippen LogP contribution in [0.1, 0.15) is 44.6 Å². The van der Waals surface area contributed by atoms with Gasteiger partial charge in [0.1, 0.15) is 11.3 Å². The molecular formula is C36H38N8O3. The summed E-state index contributed by atoms with van der Waals surface area (Å²) in [5, 5.41) is 12.2. The number of piperidine rings is 1. The second kappa shape index (κ2) is 12.1. The predicted octanol–water partition coefficient (Wildman–Crippen LogP) is 5.83. The van der Waals surface area contributed by atoms with E-state index in [9.17, 15) is 14.7 Å². The van der Waals surface area contributed by atoms with Gasteiger partial charge in [-0.25, -0.2) is 19.7 Å². The first-order chi connectivity index (χ1) is 22.7. The van der Waals surface area contributed by atoms with Gasteiger partial charge in [-0.15, -0.1) is 0 Å². The maximum atomic E-state index is 11.9. The standard InChI is InChI=1S/C36H38N8O3/c1-23(45)42(2)26-15-20-43(21-16-26)28-7-3-6-24(22-28)30-13-14-31-34(39-30)44(33(40-31)29-8-4-19-38-32(29)37)27-11-9-25(10-12-27)36(17-5-18-36)41-35(46)47/h3-4,6-14,19,22,26,41H,5,15-18,20-21H2,1-2H3,(H2,37,38)(H,46,47). The van der Waals surface area contributed by atoms with Crippen LogP contribution < -0.4 is 16.0 Å². The Morgan fingerprint density at radius 3 is 2.40 bits per heavy atom. The van der Waals surface area contributed by atoms with Crippen LogP contribution in [0.25, 0.3) is 39.5 Å². The zero-order valence-electron chi connectivity index (χ0n) is 26.6. The van der Waals surface area contributed by atoms with E-state index in [2.05, 4.69) is 39.5 Å². The second-order valence-corrected chi connectivity index (χ2v) is 12.6. The van der Waals surface area contributed by atoms with Crippen LogP contribution in [-0.4, -0.2) is 67.7 Å². The first kappa shape index (κ1) is 30.2. The molecule has 4 heterocycles. The molecule has 5 aromatic rings. The van der Waals surface area contributed by atoms with Crippen molar-refractivity contribution >= 4 is 34.7 Å². The van der Waals surface area contributed by atoms with Crippen LogP contribution in [0.4, 0.5) is 16.3 Å². The first-order valence-corrected chi connectivity index (χ1v) is 16.0. The van der Waals surface area contributed by atoms with Gasteiger partial charge in [-0.1, -0.05) is 24.3 Å².